The van der Waals surface area contributed by atoms with Gasteiger partial charge in [0.15, 0.2) is 0 Å². The molecule has 15 heavy (non-hydrogen) atoms. The summed E-state index contributed by atoms with van der Waals surface area (Å²) in [5.41, 5.74) is 0. The fraction of sp³-hybridized carbons (Fsp3) is 0.917. The molecule has 88 valence electrons. The van der Waals surface area contributed by atoms with E-state index >= 15 is 0 Å². The van der Waals surface area contributed by atoms with Gasteiger partial charge in [-0.2, -0.15) is 0 Å². The minimum Gasteiger partial charge on any atom is -0.341 e. The molecule has 1 aliphatic rings. The fourth-order valence-electron chi connectivity index (χ4n) is 2.03. The molecule has 1 unspecified atom stereocenters. The van der Waals surface area contributed by atoms with Crippen LogP contribution in [0.15, 0.2) is 0 Å². The molecule has 0 radical (unpaired) electrons. The van der Waals surface area contributed by atoms with Gasteiger partial charge in [-0.3, -0.25) is 4.79 Å². The summed E-state index contributed by atoms with van der Waals surface area (Å²) in [6, 6.07) is 0. The lowest BCUT2D eigenvalue weighted by molar-refractivity contribution is -0.135. The Labute approximate surface area is 93.4 Å². The van der Waals surface area contributed by atoms with Crippen LogP contribution in [0, 0.1) is 11.8 Å². The Morgan fingerprint density at radius 2 is 2.13 bits per heavy atom. The van der Waals surface area contributed by atoms with Crippen molar-refractivity contribution in [3.05, 3.63) is 0 Å². The number of hydrogen-bond donors (Lipinski definition) is 0. The molecular weight excluding hydrogens is 188 g/mol. The Morgan fingerprint density at radius 3 is 2.60 bits per heavy atom. The molecule has 0 aromatic rings. The SMILES string of the molecule is CC(C)C1CCN(CCN(C)C)C(=O)C1. The number of carbonyl (C=O) groups is 1. The van der Waals surface area contributed by atoms with Crippen molar-refractivity contribution in [1.29, 1.82) is 0 Å². The molecule has 0 aliphatic carbocycles. The Balaban J connectivity index is 2.36. The van der Waals surface area contributed by atoms with Crippen molar-refractivity contribution in [3.8, 4) is 0 Å². The van der Waals surface area contributed by atoms with E-state index in [1.807, 2.05) is 19.0 Å². The summed E-state index contributed by atoms with van der Waals surface area (Å²) in [5, 5.41) is 0. The van der Waals surface area contributed by atoms with Gasteiger partial charge in [-0.1, -0.05) is 13.8 Å². The molecule has 1 atom stereocenters. The van der Waals surface area contributed by atoms with Gasteiger partial charge in [0.25, 0.3) is 0 Å². The van der Waals surface area contributed by atoms with E-state index < -0.39 is 0 Å². The number of carbonyl (C=O) groups excluding carboxylic acids is 1. The lowest BCUT2D eigenvalue weighted by atomic mass is 9.86. The number of likely N-dealkylation sites (tertiary alicyclic amines) is 1. The molecule has 1 aliphatic heterocycles. The van der Waals surface area contributed by atoms with E-state index in [1.54, 1.807) is 0 Å². The molecule has 1 rings (SSSR count). The van der Waals surface area contributed by atoms with Crippen LogP contribution < -0.4 is 0 Å². The van der Waals surface area contributed by atoms with Crippen LogP contribution in [0.4, 0.5) is 0 Å². The molecule has 0 aromatic carbocycles. The monoisotopic (exact) mass is 212 g/mol. The van der Waals surface area contributed by atoms with Gasteiger partial charge >= 0.3 is 0 Å². The van der Waals surface area contributed by atoms with Crippen LogP contribution in [0.5, 0.6) is 0 Å². The highest BCUT2D eigenvalue weighted by molar-refractivity contribution is 5.77. The first-order valence-electron chi connectivity index (χ1n) is 5.93. The minimum absolute atomic E-state index is 0.349. The molecule has 0 spiro atoms. The van der Waals surface area contributed by atoms with Crippen molar-refractivity contribution < 1.29 is 4.79 Å². The standard InChI is InChI=1S/C12H24N2O/c1-10(2)11-5-6-14(12(15)9-11)8-7-13(3)4/h10-11H,5-9H2,1-4H3. The molecule has 1 heterocycles. The van der Waals surface area contributed by atoms with Crippen LogP contribution in [0.1, 0.15) is 26.7 Å². The third-order valence-corrected chi connectivity index (χ3v) is 3.32. The van der Waals surface area contributed by atoms with Gasteiger partial charge in [-0.15, -0.1) is 0 Å². The number of amides is 1. The van der Waals surface area contributed by atoms with Gasteiger partial charge in [0.2, 0.25) is 5.91 Å². The quantitative estimate of drug-likeness (QED) is 0.704. The predicted octanol–water partition coefficient (Wildman–Crippen LogP) is 1.44. The van der Waals surface area contributed by atoms with Gasteiger partial charge in [0, 0.05) is 26.1 Å². The van der Waals surface area contributed by atoms with Gasteiger partial charge in [-0.25, -0.2) is 0 Å². The minimum atomic E-state index is 0.349. The lowest BCUT2D eigenvalue weighted by Gasteiger charge is -2.34. The maximum Gasteiger partial charge on any atom is 0.222 e. The highest BCUT2D eigenvalue weighted by atomic mass is 16.2. The van der Waals surface area contributed by atoms with Gasteiger partial charge in [-0.05, 0) is 32.4 Å². The van der Waals surface area contributed by atoms with Crippen LogP contribution >= 0.6 is 0 Å². The number of likely N-dealkylation sites (N-methyl/N-ethyl adjacent to an activating group) is 1. The summed E-state index contributed by atoms with van der Waals surface area (Å²) in [7, 11) is 4.09. The van der Waals surface area contributed by atoms with Crippen molar-refractivity contribution in [2.75, 3.05) is 33.7 Å². The lowest BCUT2D eigenvalue weighted by Crippen LogP contribution is -2.43. The highest BCUT2D eigenvalue weighted by Gasteiger charge is 2.27. The summed E-state index contributed by atoms with van der Waals surface area (Å²) in [5.74, 6) is 1.60. The number of rotatable bonds is 4. The van der Waals surface area contributed by atoms with Gasteiger partial charge in [0.05, 0.1) is 0 Å². The molecular formula is C12H24N2O. The average molecular weight is 212 g/mol. The zero-order valence-corrected chi connectivity index (χ0v) is 10.5. The first-order valence-corrected chi connectivity index (χ1v) is 5.93. The zero-order chi connectivity index (χ0) is 11.4. The summed E-state index contributed by atoms with van der Waals surface area (Å²) in [6.07, 6.45) is 1.93. The van der Waals surface area contributed by atoms with Gasteiger partial charge in [0.1, 0.15) is 0 Å². The molecule has 1 amide bonds. The second-order valence-corrected chi connectivity index (χ2v) is 5.18. The second kappa shape index (κ2) is 5.50. The van der Waals surface area contributed by atoms with E-state index in [2.05, 4.69) is 18.7 Å². The number of hydrogen-bond acceptors (Lipinski definition) is 2. The van der Waals surface area contributed by atoms with Crippen LogP contribution in [0.25, 0.3) is 0 Å². The third-order valence-electron chi connectivity index (χ3n) is 3.32. The van der Waals surface area contributed by atoms with Crippen molar-refractivity contribution in [2.24, 2.45) is 11.8 Å². The summed E-state index contributed by atoms with van der Waals surface area (Å²) in [4.78, 5) is 16.0. The maximum absolute atomic E-state index is 11.8. The predicted molar refractivity (Wildman–Crippen MR) is 62.7 cm³/mol. The third kappa shape index (κ3) is 3.82. The first kappa shape index (κ1) is 12.5. The molecule has 1 saturated heterocycles. The fourth-order valence-corrected chi connectivity index (χ4v) is 2.03. The van der Waals surface area contributed by atoms with E-state index in [-0.39, 0.29) is 0 Å². The molecule has 0 bridgehead atoms. The first-order chi connectivity index (χ1) is 7.00. The number of piperidine rings is 1. The van der Waals surface area contributed by atoms with E-state index in [1.165, 1.54) is 6.42 Å². The number of nitrogens with zero attached hydrogens (tertiary/aromatic N) is 2. The maximum atomic E-state index is 11.8. The summed E-state index contributed by atoms with van der Waals surface area (Å²) in [6.45, 7) is 7.24. The molecule has 1 fully saturated rings. The van der Waals surface area contributed by atoms with Crippen molar-refractivity contribution in [2.45, 2.75) is 26.7 Å². The zero-order valence-electron chi connectivity index (χ0n) is 10.5. The van der Waals surface area contributed by atoms with E-state index in [9.17, 15) is 4.79 Å². The van der Waals surface area contributed by atoms with E-state index in [4.69, 9.17) is 0 Å². The normalized spacial score (nSPS) is 22.9. The molecule has 3 nitrogen and oxygen atoms in total. The Morgan fingerprint density at radius 1 is 1.47 bits per heavy atom. The topological polar surface area (TPSA) is 23.6 Å². The van der Waals surface area contributed by atoms with E-state index in [0.717, 1.165) is 26.1 Å². The second-order valence-electron chi connectivity index (χ2n) is 5.18. The molecule has 0 aromatic heterocycles. The average Bonchev–Trinajstić information content (AvgIpc) is 2.15. The molecule has 3 heteroatoms. The van der Waals surface area contributed by atoms with Crippen molar-refractivity contribution in [3.63, 3.8) is 0 Å². The van der Waals surface area contributed by atoms with E-state index in [0.29, 0.717) is 17.7 Å². The Bertz CT molecular complexity index is 214. The largest absolute Gasteiger partial charge is 0.341 e. The van der Waals surface area contributed by atoms with Crippen molar-refractivity contribution in [1.82, 2.24) is 9.80 Å². The van der Waals surface area contributed by atoms with Crippen LogP contribution in [-0.4, -0.2) is 49.4 Å². The summed E-state index contributed by atoms with van der Waals surface area (Å²) < 4.78 is 0. The smallest absolute Gasteiger partial charge is 0.222 e. The molecule has 0 saturated carbocycles. The molecule has 0 N–H and O–H groups in total. The summed E-state index contributed by atoms with van der Waals surface area (Å²) >= 11 is 0. The van der Waals surface area contributed by atoms with Crippen LogP contribution in [-0.2, 0) is 4.79 Å². The van der Waals surface area contributed by atoms with Crippen LogP contribution in [0.3, 0.4) is 0 Å². The van der Waals surface area contributed by atoms with Gasteiger partial charge < -0.3 is 9.80 Å². The van der Waals surface area contributed by atoms with Crippen molar-refractivity contribution >= 4 is 5.91 Å². The Kier molecular flexibility index (Phi) is 4.58. The van der Waals surface area contributed by atoms with Crippen LogP contribution in [0.2, 0.25) is 0 Å². The highest BCUT2D eigenvalue weighted by Crippen LogP contribution is 2.24. The Hall–Kier alpha value is -0.570.